The Bertz CT molecular complexity index is 1910. The van der Waals surface area contributed by atoms with Crippen LogP contribution in [0.2, 0.25) is 0 Å². The number of sulfone groups is 2. The van der Waals surface area contributed by atoms with Crippen molar-refractivity contribution in [3.05, 3.63) is 120 Å². The predicted octanol–water partition coefficient (Wildman–Crippen LogP) is 7.67. The zero-order valence-electron chi connectivity index (χ0n) is 25.2. The third-order valence-corrected chi connectivity index (χ3v) is 10.5. The average molecular weight is 743 g/mol. The number of alkyl halides is 6. The molecule has 18 heteroatoms. The minimum atomic E-state index is -4.77. The van der Waals surface area contributed by atoms with Crippen LogP contribution in [0.25, 0.3) is 0 Å². The molecule has 264 valence electrons. The molecule has 0 N–H and O–H groups in total. The lowest BCUT2D eigenvalue weighted by Crippen LogP contribution is -2.17. The fraction of sp³-hybridized carbons (Fsp3) is 0.188. The minimum absolute atomic E-state index is 0.00327. The Morgan fingerprint density at radius 1 is 0.520 bits per heavy atom. The molecule has 6 rings (SSSR count). The molecule has 0 radical (unpaired) electrons. The average Bonchev–Trinajstić information content (AvgIpc) is 3.78. The number of nitrogens with zero attached hydrogens (tertiary/aromatic N) is 2. The standard InChI is InChI=1S/2C16H12F3NO4S/c2*17-16(18,19)23-12-8-6-11(7-9-12)14-10-15(20-24-14)25(21,22)13-4-2-1-3-5-13/h2*1-9,14H,10H2/t2*14-/m10/s1. The summed E-state index contributed by atoms with van der Waals surface area (Å²) in [7, 11) is -7.52. The fourth-order valence-corrected chi connectivity index (χ4v) is 7.22. The van der Waals surface area contributed by atoms with Gasteiger partial charge in [-0.2, -0.15) is 0 Å². The second-order valence-electron chi connectivity index (χ2n) is 10.4. The van der Waals surface area contributed by atoms with Gasteiger partial charge in [0.05, 0.1) is 9.79 Å². The van der Waals surface area contributed by atoms with Crippen molar-refractivity contribution in [1.82, 2.24) is 0 Å². The SMILES string of the molecule is O=S(=O)(C1=NO[C@@H](c2ccc(OC(F)(F)F)cc2)C1)c1ccccc1.O=S(=O)(C1=NO[C@H](c2ccc(OC(F)(F)F)cc2)C1)c1ccccc1. The van der Waals surface area contributed by atoms with Crippen LogP contribution in [0.4, 0.5) is 26.3 Å². The molecule has 2 atom stereocenters. The largest absolute Gasteiger partial charge is 0.573 e. The van der Waals surface area contributed by atoms with Gasteiger partial charge in [-0.15, -0.1) is 26.3 Å². The van der Waals surface area contributed by atoms with Crippen LogP contribution in [0.1, 0.15) is 36.2 Å². The lowest BCUT2D eigenvalue weighted by molar-refractivity contribution is -0.275. The van der Waals surface area contributed by atoms with E-state index in [1.54, 1.807) is 36.4 Å². The van der Waals surface area contributed by atoms with Crippen LogP contribution < -0.4 is 9.47 Å². The normalized spacial score (nSPS) is 17.7. The van der Waals surface area contributed by atoms with Crippen molar-refractivity contribution in [1.29, 1.82) is 0 Å². The summed E-state index contributed by atoms with van der Waals surface area (Å²) < 4.78 is 130. The molecule has 4 aromatic rings. The molecule has 0 bridgehead atoms. The number of halogens is 6. The minimum Gasteiger partial charge on any atom is -0.406 e. The molecular formula is C32H24F6N2O8S2. The second-order valence-corrected chi connectivity index (χ2v) is 14.3. The van der Waals surface area contributed by atoms with Crippen molar-refractivity contribution >= 4 is 29.8 Å². The molecule has 2 aliphatic heterocycles. The molecule has 0 aliphatic carbocycles. The van der Waals surface area contributed by atoms with E-state index in [9.17, 15) is 43.2 Å². The van der Waals surface area contributed by atoms with Gasteiger partial charge in [-0.3, -0.25) is 0 Å². The number of hydrogen-bond acceptors (Lipinski definition) is 10. The van der Waals surface area contributed by atoms with E-state index in [4.69, 9.17) is 9.68 Å². The first-order valence-electron chi connectivity index (χ1n) is 14.3. The van der Waals surface area contributed by atoms with Crippen LogP contribution in [0.3, 0.4) is 0 Å². The first-order chi connectivity index (χ1) is 23.5. The van der Waals surface area contributed by atoms with Gasteiger partial charge in [0.15, 0.2) is 22.3 Å². The maximum absolute atomic E-state index is 12.5. The maximum atomic E-state index is 12.5. The summed E-state index contributed by atoms with van der Waals surface area (Å²) in [5.41, 5.74) is 0.994. The molecule has 2 aliphatic rings. The van der Waals surface area contributed by atoms with Gasteiger partial charge < -0.3 is 19.1 Å². The fourth-order valence-electron chi connectivity index (χ4n) is 4.63. The molecule has 0 unspecified atom stereocenters. The number of benzene rings is 4. The quantitative estimate of drug-likeness (QED) is 0.184. The molecule has 0 fully saturated rings. The molecule has 0 saturated heterocycles. The molecule has 10 nitrogen and oxygen atoms in total. The summed E-state index contributed by atoms with van der Waals surface area (Å²) in [6, 6.07) is 25.6. The van der Waals surface area contributed by atoms with Gasteiger partial charge in [0.2, 0.25) is 19.7 Å². The van der Waals surface area contributed by atoms with E-state index in [0.29, 0.717) is 11.1 Å². The highest BCUT2D eigenvalue weighted by atomic mass is 32.2. The zero-order chi connectivity index (χ0) is 36.2. The highest BCUT2D eigenvalue weighted by Crippen LogP contribution is 2.34. The molecule has 0 aromatic heterocycles. The van der Waals surface area contributed by atoms with E-state index in [2.05, 4.69) is 19.8 Å². The summed E-state index contributed by atoms with van der Waals surface area (Å²) in [5.74, 6) is -0.736. The van der Waals surface area contributed by atoms with Crippen molar-refractivity contribution in [2.75, 3.05) is 0 Å². The summed E-state index contributed by atoms with van der Waals surface area (Å²) in [6.45, 7) is 0. The van der Waals surface area contributed by atoms with E-state index in [-0.39, 0.29) is 44.2 Å². The van der Waals surface area contributed by atoms with Crippen LogP contribution in [0.15, 0.2) is 129 Å². The van der Waals surface area contributed by atoms with Crippen LogP contribution in [0, 0.1) is 0 Å². The lowest BCUT2D eigenvalue weighted by atomic mass is 10.1. The van der Waals surface area contributed by atoms with Crippen molar-refractivity contribution in [2.45, 2.75) is 47.6 Å². The summed E-state index contributed by atoms with van der Waals surface area (Å²) >= 11 is 0. The topological polar surface area (TPSA) is 130 Å². The Hall–Kier alpha value is -5.10. The molecule has 0 amide bonds. The van der Waals surface area contributed by atoms with E-state index >= 15 is 0 Å². The third kappa shape index (κ3) is 9.12. The molecule has 2 heterocycles. The predicted molar refractivity (Wildman–Crippen MR) is 165 cm³/mol. The lowest BCUT2D eigenvalue weighted by Gasteiger charge is -2.11. The summed E-state index contributed by atoms with van der Waals surface area (Å²) in [6.07, 6.45) is -10.9. The molecule has 50 heavy (non-hydrogen) atoms. The zero-order valence-corrected chi connectivity index (χ0v) is 26.8. The Balaban J connectivity index is 0.000000194. The molecule has 0 spiro atoms. The molecular weight excluding hydrogens is 718 g/mol. The van der Waals surface area contributed by atoms with Gasteiger partial charge in [0.1, 0.15) is 11.5 Å². The summed E-state index contributed by atoms with van der Waals surface area (Å²) in [5, 5.41) is 7.03. The van der Waals surface area contributed by atoms with Gasteiger partial charge in [0.25, 0.3) is 0 Å². The molecule has 4 aromatic carbocycles. The third-order valence-electron chi connectivity index (χ3n) is 6.98. The van der Waals surface area contributed by atoms with Crippen LogP contribution in [-0.2, 0) is 29.3 Å². The van der Waals surface area contributed by atoms with Gasteiger partial charge >= 0.3 is 12.7 Å². The van der Waals surface area contributed by atoms with E-state index in [0.717, 1.165) is 24.3 Å². The van der Waals surface area contributed by atoms with Gasteiger partial charge in [-0.25, -0.2) is 16.8 Å². The highest BCUT2D eigenvalue weighted by Gasteiger charge is 2.35. The number of hydrogen-bond donors (Lipinski definition) is 0. The maximum Gasteiger partial charge on any atom is 0.573 e. The first-order valence-corrected chi connectivity index (χ1v) is 17.2. The van der Waals surface area contributed by atoms with Crippen LogP contribution in [0.5, 0.6) is 11.5 Å². The van der Waals surface area contributed by atoms with E-state index < -0.39 is 44.6 Å². The van der Waals surface area contributed by atoms with Crippen LogP contribution >= 0.6 is 0 Å². The monoisotopic (exact) mass is 742 g/mol. The van der Waals surface area contributed by atoms with Crippen molar-refractivity contribution in [2.24, 2.45) is 10.3 Å². The Labute approximate surface area is 281 Å². The Morgan fingerprint density at radius 3 is 1.14 bits per heavy atom. The van der Waals surface area contributed by atoms with Crippen molar-refractivity contribution in [3.63, 3.8) is 0 Å². The van der Waals surface area contributed by atoms with Crippen molar-refractivity contribution in [3.8, 4) is 11.5 Å². The van der Waals surface area contributed by atoms with Crippen LogP contribution in [-0.4, -0.2) is 39.6 Å². The Morgan fingerprint density at radius 2 is 0.840 bits per heavy atom. The first kappa shape index (κ1) is 36.2. The van der Waals surface area contributed by atoms with Gasteiger partial charge in [0, 0.05) is 12.8 Å². The number of rotatable bonds is 6. The number of ether oxygens (including phenoxy) is 2. The second kappa shape index (κ2) is 14.4. The smallest absolute Gasteiger partial charge is 0.406 e. The molecule has 0 saturated carbocycles. The van der Waals surface area contributed by atoms with E-state index in [1.165, 1.54) is 48.5 Å². The summed E-state index contributed by atoms with van der Waals surface area (Å²) in [4.78, 5) is 10.5. The van der Waals surface area contributed by atoms with Crippen molar-refractivity contribution < 1.29 is 62.3 Å². The number of oxime groups is 2. The van der Waals surface area contributed by atoms with E-state index in [1.807, 2.05) is 0 Å². The van der Waals surface area contributed by atoms with Gasteiger partial charge in [-0.05, 0) is 59.7 Å². The Kier molecular flexibility index (Phi) is 10.4. The van der Waals surface area contributed by atoms with Gasteiger partial charge in [-0.1, -0.05) is 71.0 Å². The highest BCUT2D eigenvalue weighted by molar-refractivity contribution is 8.06.